The van der Waals surface area contributed by atoms with Crippen molar-refractivity contribution in [2.75, 3.05) is 32.5 Å². The highest BCUT2D eigenvalue weighted by atomic mass is 19.4. The van der Waals surface area contributed by atoms with Gasteiger partial charge in [0.25, 0.3) is 0 Å². The topological polar surface area (TPSA) is 41.0 Å². The normalized spacial score (nSPS) is 14.0. The Labute approximate surface area is 204 Å². The lowest BCUT2D eigenvalue weighted by molar-refractivity contribution is -0.137. The second-order valence-corrected chi connectivity index (χ2v) is 9.34. The molecular weight excluding hydrogens is 449 g/mol. The molecule has 0 aliphatic heterocycles. The van der Waals surface area contributed by atoms with E-state index in [1.165, 1.54) is 6.07 Å². The van der Waals surface area contributed by atoms with Crippen LogP contribution >= 0.6 is 0 Å². The minimum atomic E-state index is -4.47. The number of halogens is 3. The van der Waals surface area contributed by atoms with Crippen molar-refractivity contribution in [3.63, 3.8) is 0 Å². The molecule has 0 spiro atoms. The number of aromatic nitrogens is 2. The quantitative estimate of drug-likeness (QED) is 0.369. The third-order valence-electron chi connectivity index (χ3n) is 6.18. The predicted molar refractivity (Wildman–Crippen MR) is 137 cm³/mol. The largest absolute Gasteiger partial charge is 0.416 e. The van der Waals surface area contributed by atoms with Crippen molar-refractivity contribution in [3.8, 4) is 11.4 Å². The molecular formula is C28H31F3N4. The number of hydrogen-bond donors (Lipinski definition) is 1. The van der Waals surface area contributed by atoms with Gasteiger partial charge < -0.3 is 10.2 Å². The summed E-state index contributed by atoms with van der Waals surface area (Å²) in [5.74, 6) is 0.940. The zero-order valence-electron chi connectivity index (χ0n) is 20.6. The minimum Gasteiger partial charge on any atom is -0.369 e. The maximum Gasteiger partial charge on any atom is 0.416 e. The number of nitrogens with one attached hydrogen (secondary N) is 1. The van der Waals surface area contributed by atoms with Crippen LogP contribution in [0.15, 0.2) is 48.6 Å². The van der Waals surface area contributed by atoms with E-state index in [-0.39, 0.29) is 5.82 Å². The van der Waals surface area contributed by atoms with Gasteiger partial charge in [0.2, 0.25) is 0 Å². The van der Waals surface area contributed by atoms with Crippen LogP contribution in [0.3, 0.4) is 0 Å². The van der Waals surface area contributed by atoms with Gasteiger partial charge in [-0.1, -0.05) is 30.4 Å². The molecule has 0 saturated carbocycles. The van der Waals surface area contributed by atoms with Gasteiger partial charge in [-0.3, -0.25) is 0 Å². The molecule has 3 aromatic rings. The van der Waals surface area contributed by atoms with Gasteiger partial charge in [-0.2, -0.15) is 13.2 Å². The number of fused-ring (bicyclic) bond motifs is 1. The molecule has 0 bridgehead atoms. The Bertz CT molecular complexity index is 1290. The van der Waals surface area contributed by atoms with Gasteiger partial charge in [0.15, 0.2) is 5.82 Å². The van der Waals surface area contributed by atoms with Gasteiger partial charge in [-0.15, -0.1) is 0 Å². The molecule has 2 aromatic carbocycles. The number of rotatable bonds is 7. The first-order valence-electron chi connectivity index (χ1n) is 11.9. The summed E-state index contributed by atoms with van der Waals surface area (Å²) in [6, 6.07) is 8.13. The monoisotopic (exact) mass is 480 g/mol. The van der Waals surface area contributed by atoms with E-state index in [4.69, 9.17) is 9.97 Å². The molecule has 184 valence electrons. The van der Waals surface area contributed by atoms with Crippen molar-refractivity contribution in [2.24, 2.45) is 0 Å². The SMILES string of the molecule is Cc1ccc(C)c2c(NCCCN(C)C)nc(-c3cc(C4=CCCC=C4)cc(C(F)(F)F)c3)nc12. The number of hydrogen-bond acceptors (Lipinski definition) is 4. The fraction of sp³-hybridized carbons (Fsp3) is 0.357. The maximum absolute atomic E-state index is 13.9. The molecule has 0 unspecified atom stereocenters. The van der Waals surface area contributed by atoms with Crippen LogP contribution < -0.4 is 5.32 Å². The van der Waals surface area contributed by atoms with E-state index in [2.05, 4.69) is 10.2 Å². The molecule has 0 saturated heterocycles. The average Bonchev–Trinajstić information content (AvgIpc) is 2.83. The van der Waals surface area contributed by atoms with Crippen molar-refractivity contribution >= 4 is 22.3 Å². The Hall–Kier alpha value is -3.19. The molecule has 35 heavy (non-hydrogen) atoms. The lowest BCUT2D eigenvalue weighted by Gasteiger charge is -2.17. The standard InChI is InChI=1S/C28H31F3N4/c1-18-11-12-19(2)25-24(18)27(32-13-8-14-35(3)4)34-26(33-25)22-15-21(20-9-6-5-7-10-20)16-23(17-22)28(29,30)31/h6,9-12,15-17H,5,7-8,13-14H2,1-4H3,(H,32,33,34). The average molecular weight is 481 g/mol. The molecule has 1 aromatic heterocycles. The Balaban J connectivity index is 1.86. The van der Waals surface area contributed by atoms with E-state index in [0.717, 1.165) is 59.5 Å². The number of aryl methyl sites for hydroxylation is 2. The summed E-state index contributed by atoms with van der Waals surface area (Å²) in [5, 5.41) is 4.33. The number of benzene rings is 2. The molecule has 0 radical (unpaired) electrons. The summed E-state index contributed by atoms with van der Waals surface area (Å²) in [5.41, 5.74) is 3.70. The molecule has 1 aliphatic carbocycles. The van der Waals surface area contributed by atoms with Gasteiger partial charge in [-0.25, -0.2) is 9.97 Å². The molecule has 0 atom stereocenters. The Kier molecular flexibility index (Phi) is 7.26. The highest BCUT2D eigenvalue weighted by molar-refractivity contribution is 5.95. The zero-order chi connectivity index (χ0) is 25.2. The van der Waals surface area contributed by atoms with E-state index < -0.39 is 11.7 Å². The van der Waals surface area contributed by atoms with Crippen LogP contribution in [-0.4, -0.2) is 42.1 Å². The summed E-state index contributed by atoms with van der Waals surface area (Å²) in [6.45, 7) is 5.58. The smallest absolute Gasteiger partial charge is 0.369 e. The first kappa shape index (κ1) is 24.9. The zero-order valence-corrected chi connectivity index (χ0v) is 20.6. The van der Waals surface area contributed by atoms with Gasteiger partial charge in [-0.05, 0) is 94.2 Å². The first-order chi connectivity index (χ1) is 16.6. The number of alkyl halides is 3. The molecule has 7 heteroatoms. The second-order valence-electron chi connectivity index (χ2n) is 9.34. The van der Waals surface area contributed by atoms with Crippen LogP contribution in [0.2, 0.25) is 0 Å². The lowest BCUT2D eigenvalue weighted by Crippen LogP contribution is -2.17. The van der Waals surface area contributed by atoms with Crippen LogP contribution in [0.5, 0.6) is 0 Å². The summed E-state index contributed by atoms with van der Waals surface area (Å²) < 4.78 is 41.6. The molecule has 1 aliphatic rings. The van der Waals surface area contributed by atoms with Gasteiger partial charge in [0.05, 0.1) is 11.1 Å². The van der Waals surface area contributed by atoms with Crippen molar-refractivity contribution in [1.82, 2.24) is 14.9 Å². The van der Waals surface area contributed by atoms with Crippen molar-refractivity contribution < 1.29 is 13.2 Å². The third kappa shape index (κ3) is 5.73. The van der Waals surface area contributed by atoms with E-state index in [1.807, 2.05) is 58.3 Å². The minimum absolute atomic E-state index is 0.286. The molecule has 4 nitrogen and oxygen atoms in total. The number of nitrogens with zero attached hydrogens (tertiary/aromatic N) is 3. The molecule has 4 rings (SSSR count). The van der Waals surface area contributed by atoms with Crippen molar-refractivity contribution in [2.45, 2.75) is 39.3 Å². The van der Waals surface area contributed by atoms with Crippen LogP contribution in [0.4, 0.5) is 19.0 Å². The van der Waals surface area contributed by atoms with Gasteiger partial charge in [0.1, 0.15) is 5.82 Å². The predicted octanol–water partition coefficient (Wildman–Crippen LogP) is 7.03. The molecule has 0 fully saturated rings. The van der Waals surface area contributed by atoms with Crippen molar-refractivity contribution in [3.05, 3.63) is 70.8 Å². The number of allylic oxidation sites excluding steroid dienone is 4. The first-order valence-corrected chi connectivity index (χ1v) is 11.9. The van der Waals surface area contributed by atoms with Crippen LogP contribution in [0.25, 0.3) is 27.9 Å². The maximum atomic E-state index is 13.9. The van der Waals surface area contributed by atoms with Crippen LogP contribution in [0.1, 0.15) is 41.5 Å². The summed E-state index contributed by atoms with van der Waals surface area (Å²) in [7, 11) is 4.04. The highest BCUT2D eigenvalue weighted by Crippen LogP contribution is 2.37. The highest BCUT2D eigenvalue weighted by Gasteiger charge is 2.32. The van der Waals surface area contributed by atoms with Crippen LogP contribution in [-0.2, 0) is 6.18 Å². The third-order valence-corrected chi connectivity index (χ3v) is 6.18. The van der Waals surface area contributed by atoms with Gasteiger partial charge >= 0.3 is 6.18 Å². The molecule has 0 amide bonds. The summed E-state index contributed by atoms with van der Waals surface area (Å²) in [4.78, 5) is 11.6. The van der Waals surface area contributed by atoms with E-state index >= 15 is 0 Å². The van der Waals surface area contributed by atoms with E-state index in [9.17, 15) is 13.2 Å². The summed E-state index contributed by atoms with van der Waals surface area (Å²) >= 11 is 0. The Morgan fingerprint density at radius 3 is 2.40 bits per heavy atom. The van der Waals surface area contributed by atoms with Crippen molar-refractivity contribution in [1.29, 1.82) is 0 Å². The Morgan fingerprint density at radius 1 is 0.971 bits per heavy atom. The van der Waals surface area contributed by atoms with Crippen LogP contribution in [0, 0.1) is 13.8 Å². The second kappa shape index (κ2) is 10.2. The lowest BCUT2D eigenvalue weighted by atomic mass is 9.95. The van der Waals surface area contributed by atoms with E-state index in [1.54, 1.807) is 6.07 Å². The summed E-state index contributed by atoms with van der Waals surface area (Å²) in [6.07, 6.45) is 3.99. The number of anilines is 1. The fourth-order valence-electron chi connectivity index (χ4n) is 4.31. The van der Waals surface area contributed by atoms with E-state index in [0.29, 0.717) is 23.5 Å². The molecule has 1 heterocycles. The molecule has 1 N–H and O–H groups in total. The van der Waals surface area contributed by atoms with Gasteiger partial charge in [0, 0.05) is 17.5 Å². The fourth-order valence-corrected chi connectivity index (χ4v) is 4.31. The Morgan fingerprint density at radius 2 is 1.71 bits per heavy atom.